The first kappa shape index (κ1) is 17.1. The molecule has 5 nitrogen and oxygen atoms in total. The third-order valence-corrected chi connectivity index (χ3v) is 5.21. The second-order valence-electron chi connectivity index (χ2n) is 6.02. The van der Waals surface area contributed by atoms with Crippen LogP contribution in [0.25, 0.3) is 10.6 Å². The van der Waals surface area contributed by atoms with E-state index in [1.165, 1.54) is 5.56 Å². The van der Waals surface area contributed by atoms with Crippen molar-refractivity contribution in [3.8, 4) is 10.6 Å². The Morgan fingerprint density at radius 2 is 1.96 bits per heavy atom. The first-order valence-electron chi connectivity index (χ1n) is 8.41. The van der Waals surface area contributed by atoms with Crippen LogP contribution in [0.2, 0.25) is 0 Å². The van der Waals surface area contributed by atoms with Crippen molar-refractivity contribution in [2.75, 3.05) is 39.8 Å². The molecule has 1 aromatic carbocycles. The molecule has 1 aliphatic heterocycles. The standard InChI is InChI=1S/C18H24N4OS/c1-19-8-7-17(23)22-11-9-21(10-12-22)13-16-14-24-18(20-16)15-5-3-2-4-6-15/h2-6,14,19H,7-13H2,1H3. The van der Waals surface area contributed by atoms with Crippen molar-refractivity contribution in [3.63, 3.8) is 0 Å². The Labute approximate surface area is 147 Å². The molecule has 0 saturated carbocycles. The van der Waals surface area contributed by atoms with Crippen LogP contribution >= 0.6 is 11.3 Å². The molecule has 3 rings (SSSR count). The number of carbonyl (C=O) groups is 1. The first-order valence-corrected chi connectivity index (χ1v) is 9.29. The summed E-state index contributed by atoms with van der Waals surface area (Å²) >= 11 is 1.70. The molecule has 2 heterocycles. The monoisotopic (exact) mass is 344 g/mol. The zero-order valence-electron chi connectivity index (χ0n) is 14.1. The Morgan fingerprint density at radius 1 is 1.21 bits per heavy atom. The summed E-state index contributed by atoms with van der Waals surface area (Å²) in [6.07, 6.45) is 0.586. The van der Waals surface area contributed by atoms with Gasteiger partial charge in [0.1, 0.15) is 5.01 Å². The lowest BCUT2D eigenvalue weighted by Crippen LogP contribution is -2.48. The fourth-order valence-electron chi connectivity index (χ4n) is 2.87. The molecule has 1 fully saturated rings. The van der Waals surface area contributed by atoms with E-state index >= 15 is 0 Å². The Balaban J connectivity index is 1.50. The van der Waals surface area contributed by atoms with Gasteiger partial charge in [-0.2, -0.15) is 0 Å². The number of piperazine rings is 1. The van der Waals surface area contributed by atoms with Crippen molar-refractivity contribution < 1.29 is 4.79 Å². The van der Waals surface area contributed by atoms with Crippen LogP contribution in [0.15, 0.2) is 35.7 Å². The molecule has 1 amide bonds. The Kier molecular flexibility index (Phi) is 5.96. The number of nitrogens with zero attached hydrogens (tertiary/aromatic N) is 3. The predicted octanol–water partition coefficient (Wildman–Crippen LogP) is 2.06. The summed E-state index contributed by atoms with van der Waals surface area (Å²) in [5.74, 6) is 0.254. The number of nitrogens with one attached hydrogen (secondary N) is 1. The summed E-state index contributed by atoms with van der Waals surface area (Å²) in [6, 6.07) is 10.3. The zero-order valence-corrected chi connectivity index (χ0v) is 14.9. The highest BCUT2D eigenvalue weighted by Crippen LogP contribution is 2.24. The summed E-state index contributed by atoms with van der Waals surface area (Å²) in [7, 11) is 1.88. The van der Waals surface area contributed by atoms with Crippen LogP contribution in [-0.2, 0) is 11.3 Å². The van der Waals surface area contributed by atoms with E-state index in [0.29, 0.717) is 6.42 Å². The number of hydrogen-bond donors (Lipinski definition) is 1. The van der Waals surface area contributed by atoms with Gasteiger partial charge in [0.2, 0.25) is 5.91 Å². The van der Waals surface area contributed by atoms with Gasteiger partial charge in [0.15, 0.2) is 0 Å². The van der Waals surface area contributed by atoms with Gasteiger partial charge in [0.25, 0.3) is 0 Å². The highest BCUT2D eigenvalue weighted by atomic mass is 32.1. The Hall–Kier alpha value is -1.76. The van der Waals surface area contributed by atoms with Crippen LogP contribution in [0.4, 0.5) is 0 Å². The predicted molar refractivity (Wildman–Crippen MR) is 98.0 cm³/mol. The fourth-order valence-corrected chi connectivity index (χ4v) is 3.68. The van der Waals surface area contributed by atoms with Crippen LogP contribution in [0, 0.1) is 0 Å². The third kappa shape index (κ3) is 4.41. The normalized spacial score (nSPS) is 15.6. The molecule has 0 spiro atoms. The van der Waals surface area contributed by atoms with Crippen molar-refractivity contribution in [1.29, 1.82) is 0 Å². The van der Waals surface area contributed by atoms with Gasteiger partial charge in [-0.1, -0.05) is 30.3 Å². The van der Waals surface area contributed by atoms with Gasteiger partial charge in [-0.3, -0.25) is 9.69 Å². The number of hydrogen-bond acceptors (Lipinski definition) is 5. The lowest BCUT2D eigenvalue weighted by Gasteiger charge is -2.34. The molecule has 1 saturated heterocycles. The molecule has 0 unspecified atom stereocenters. The van der Waals surface area contributed by atoms with Crippen molar-refractivity contribution in [2.24, 2.45) is 0 Å². The van der Waals surface area contributed by atoms with Crippen LogP contribution < -0.4 is 5.32 Å². The Bertz CT molecular complexity index is 650. The molecular formula is C18H24N4OS. The summed E-state index contributed by atoms with van der Waals surface area (Å²) in [5, 5.41) is 6.25. The van der Waals surface area contributed by atoms with E-state index in [9.17, 15) is 4.79 Å². The number of aromatic nitrogens is 1. The van der Waals surface area contributed by atoms with E-state index in [-0.39, 0.29) is 5.91 Å². The molecule has 1 N–H and O–H groups in total. The van der Waals surface area contributed by atoms with Crippen LogP contribution in [0.1, 0.15) is 12.1 Å². The third-order valence-electron chi connectivity index (χ3n) is 4.27. The number of amides is 1. The molecule has 24 heavy (non-hydrogen) atoms. The topological polar surface area (TPSA) is 48.5 Å². The van der Waals surface area contributed by atoms with E-state index in [4.69, 9.17) is 4.98 Å². The van der Waals surface area contributed by atoms with Crippen LogP contribution in [0.5, 0.6) is 0 Å². The van der Waals surface area contributed by atoms with Gasteiger partial charge >= 0.3 is 0 Å². The van der Waals surface area contributed by atoms with Crippen molar-refractivity contribution >= 4 is 17.2 Å². The quantitative estimate of drug-likeness (QED) is 0.871. The molecule has 0 radical (unpaired) electrons. The summed E-state index contributed by atoms with van der Waals surface area (Å²) < 4.78 is 0. The molecule has 0 aliphatic carbocycles. The van der Waals surface area contributed by atoms with E-state index in [1.54, 1.807) is 11.3 Å². The van der Waals surface area contributed by atoms with Crippen molar-refractivity contribution in [1.82, 2.24) is 20.1 Å². The second kappa shape index (κ2) is 8.37. The van der Waals surface area contributed by atoms with Crippen LogP contribution in [0.3, 0.4) is 0 Å². The molecule has 128 valence electrons. The minimum Gasteiger partial charge on any atom is -0.340 e. The maximum Gasteiger partial charge on any atom is 0.223 e. The zero-order chi connectivity index (χ0) is 16.8. The van der Waals surface area contributed by atoms with Crippen molar-refractivity contribution in [2.45, 2.75) is 13.0 Å². The minimum atomic E-state index is 0.254. The lowest BCUT2D eigenvalue weighted by molar-refractivity contribution is -0.132. The molecule has 0 atom stereocenters. The SMILES string of the molecule is CNCCC(=O)N1CCN(Cc2csc(-c3ccccc3)n2)CC1. The molecule has 1 aliphatic rings. The summed E-state index contributed by atoms with van der Waals surface area (Å²) in [4.78, 5) is 21.2. The molecule has 1 aromatic heterocycles. The minimum absolute atomic E-state index is 0.254. The molecule has 0 bridgehead atoms. The Morgan fingerprint density at radius 3 is 2.67 bits per heavy atom. The molecular weight excluding hydrogens is 320 g/mol. The van der Waals surface area contributed by atoms with E-state index in [2.05, 4.69) is 27.7 Å². The van der Waals surface area contributed by atoms with Crippen LogP contribution in [-0.4, -0.2) is 60.5 Å². The number of carbonyl (C=O) groups excluding carboxylic acids is 1. The van der Waals surface area contributed by atoms with Gasteiger partial charge in [-0.25, -0.2) is 4.98 Å². The number of benzene rings is 1. The molecule has 6 heteroatoms. The largest absolute Gasteiger partial charge is 0.340 e. The highest BCUT2D eigenvalue weighted by Gasteiger charge is 2.21. The maximum absolute atomic E-state index is 12.0. The first-order chi connectivity index (χ1) is 11.8. The average molecular weight is 344 g/mol. The average Bonchev–Trinajstić information content (AvgIpc) is 3.09. The van der Waals surface area contributed by atoms with Gasteiger partial charge in [-0.15, -0.1) is 11.3 Å². The fraction of sp³-hybridized carbons (Fsp3) is 0.444. The van der Waals surface area contributed by atoms with Gasteiger partial charge < -0.3 is 10.2 Å². The summed E-state index contributed by atoms with van der Waals surface area (Å²) in [6.45, 7) is 5.09. The number of rotatable bonds is 6. The van der Waals surface area contributed by atoms with Crippen molar-refractivity contribution in [3.05, 3.63) is 41.4 Å². The van der Waals surface area contributed by atoms with E-state index in [1.807, 2.05) is 30.1 Å². The van der Waals surface area contributed by atoms with E-state index < -0.39 is 0 Å². The molecule has 2 aromatic rings. The van der Waals surface area contributed by atoms with Gasteiger partial charge in [0.05, 0.1) is 5.69 Å². The van der Waals surface area contributed by atoms with E-state index in [0.717, 1.165) is 50.0 Å². The lowest BCUT2D eigenvalue weighted by atomic mass is 10.2. The number of thiazole rings is 1. The smallest absolute Gasteiger partial charge is 0.223 e. The second-order valence-corrected chi connectivity index (χ2v) is 6.88. The highest BCUT2D eigenvalue weighted by molar-refractivity contribution is 7.13. The van der Waals surface area contributed by atoms with Gasteiger partial charge in [0, 0.05) is 56.6 Å². The van der Waals surface area contributed by atoms with Gasteiger partial charge in [-0.05, 0) is 7.05 Å². The summed E-state index contributed by atoms with van der Waals surface area (Å²) in [5.41, 5.74) is 2.29. The maximum atomic E-state index is 12.0.